The SMILES string of the molecule is CCc1ccc(C(N)CN(CC)Cc2ccccn2)cc1. The fourth-order valence-corrected chi connectivity index (χ4v) is 2.41. The molecule has 2 rings (SSSR count). The lowest BCUT2D eigenvalue weighted by Gasteiger charge is -2.24. The Bertz CT molecular complexity index is 522. The highest BCUT2D eigenvalue weighted by molar-refractivity contribution is 5.25. The van der Waals surface area contributed by atoms with E-state index in [-0.39, 0.29) is 6.04 Å². The monoisotopic (exact) mass is 283 g/mol. The van der Waals surface area contributed by atoms with Crippen molar-refractivity contribution in [2.45, 2.75) is 32.9 Å². The van der Waals surface area contributed by atoms with Gasteiger partial charge in [-0.3, -0.25) is 9.88 Å². The predicted octanol–water partition coefficient (Wildman–Crippen LogP) is 3.17. The molecular formula is C18H25N3. The van der Waals surface area contributed by atoms with E-state index >= 15 is 0 Å². The number of aryl methyl sites for hydroxylation is 1. The van der Waals surface area contributed by atoms with Gasteiger partial charge in [-0.1, -0.05) is 44.2 Å². The first-order chi connectivity index (χ1) is 10.2. The van der Waals surface area contributed by atoms with E-state index < -0.39 is 0 Å². The molecule has 2 N–H and O–H groups in total. The van der Waals surface area contributed by atoms with E-state index in [1.54, 1.807) is 0 Å². The minimum atomic E-state index is 0.0413. The molecule has 112 valence electrons. The van der Waals surface area contributed by atoms with Crippen LogP contribution in [0.5, 0.6) is 0 Å². The van der Waals surface area contributed by atoms with Crippen LogP contribution < -0.4 is 5.73 Å². The topological polar surface area (TPSA) is 42.1 Å². The van der Waals surface area contributed by atoms with Crippen LogP contribution in [0.25, 0.3) is 0 Å². The van der Waals surface area contributed by atoms with Gasteiger partial charge < -0.3 is 5.73 Å². The second-order valence-corrected chi connectivity index (χ2v) is 5.35. The maximum atomic E-state index is 6.35. The van der Waals surface area contributed by atoms with Gasteiger partial charge in [0.1, 0.15) is 0 Å². The quantitative estimate of drug-likeness (QED) is 0.848. The number of aromatic nitrogens is 1. The molecule has 1 unspecified atom stereocenters. The van der Waals surface area contributed by atoms with Gasteiger partial charge in [0.25, 0.3) is 0 Å². The number of hydrogen-bond acceptors (Lipinski definition) is 3. The molecule has 1 heterocycles. The first-order valence-corrected chi connectivity index (χ1v) is 7.69. The summed E-state index contributed by atoms with van der Waals surface area (Å²) in [7, 11) is 0. The molecule has 0 saturated heterocycles. The number of hydrogen-bond donors (Lipinski definition) is 1. The summed E-state index contributed by atoms with van der Waals surface area (Å²) in [6, 6.07) is 14.7. The van der Waals surface area contributed by atoms with Gasteiger partial charge in [0.2, 0.25) is 0 Å². The number of nitrogens with two attached hydrogens (primary N) is 1. The summed E-state index contributed by atoms with van der Waals surface area (Å²) in [4.78, 5) is 6.72. The Morgan fingerprint density at radius 2 is 1.86 bits per heavy atom. The fraction of sp³-hybridized carbons (Fsp3) is 0.389. The maximum Gasteiger partial charge on any atom is 0.0543 e. The van der Waals surface area contributed by atoms with E-state index in [1.807, 2.05) is 18.3 Å². The molecule has 0 spiro atoms. The highest BCUT2D eigenvalue weighted by Crippen LogP contribution is 2.14. The van der Waals surface area contributed by atoms with Crippen LogP contribution in [-0.4, -0.2) is 23.0 Å². The van der Waals surface area contributed by atoms with Gasteiger partial charge >= 0.3 is 0 Å². The zero-order valence-corrected chi connectivity index (χ0v) is 13.0. The third kappa shape index (κ3) is 4.66. The molecule has 3 nitrogen and oxygen atoms in total. The molecule has 21 heavy (non-hydrogen) atoms. The number of nitrogens with zero attached hydrogens (tertiary/aromatic N) is 2. The molecule has 0 aliphatic heterocycles. The molecule has 0 amide bonds. The van der Waals surface area contributed by atoms with Crippen molar-refractivity contribution in [3.05, 3.63) is 65.5 Å². The van der Waals surface area contributed by atoms with Crippen molar-refractivity contribution in [3.8, 4) is 0 Å². The Morgan fingerprint density at radius 3 is 2.43 bits per heavy atom. The molecule has 0 saturated carbocycles. The maximum absolute atomic E-state index is 6.35. The summed E-state index contributed by atoms with van der Waals surface area (Å²) in [5.74, 6) is 0. The lowest BCUT2D eigenvalue weighted by molar-refractivity contribution is 0.259. The van der Waals surface area contributed by atoms with Gasteiger partial charge in [-0.05, 0) is 36.2 Å². The summed E-state index contributed by atoms with van der Waals surface area (Å²) in [6.45, 7) is 6.99. The standard InChI is InChI=1S/C18H25N3/c1-3-15-8-10-16(11-9-15)18(19)14-21(4-2)13-17-7-5-6-12-20-17/h5-12,18H,3-4,13-14,19H2,1-2H3. The Balaban J connectivity index is 1.96. The van der Waals surface area contributed by atoms with E-state index in [4.69, 9.17) is 5.73 Å². The van der Waals surface area contributed by atoms with Gasteiger partial charge in [-0.15, -0.1) is 0 Å². The summed E-state index contributed by atoms with van der Waals surface area (Å²) in [5, 5.41) is 0. The van der Waals surface area contributed by atoms with Crippen molar-refractivity contribution in [1.29, 1.82) is 0 Å². The summed E-state index contributed by atoms with van der Waals surface area (Å²) in [5.41, 5.74) is 10.00. The summed E-state index contributed by atoms with van der Waals surface area (Å²) < 4.78 is 0. The predicted molar refractivity (Wildman–Crippen MR) is 87.9 cm³/mol. The molecule has 1 aromatic carbocycles. The van der Waals surface area contributed by atoms with E-state index in [0.717, 1.165) is 31.7 Å². The average Bonchev–Trinajstić information content (AvgIpc) is 2.55. The number of pyridine rings is 1. The van der Waals surface area contributed by atoms with Crippen molar-refractivity contribution in [2.75, 3.05) is 13.1 Å². The molecule has 0 aliphatic carbocycles. The minimum absolute atomic E-state index is 0.0413. The van der Waals surface area contributed by atoms with Crippen LogP contribution in [0.15, 0.2) is 48.7 Å². The number of benzene rings is 1. The highest BCUT2D eigenvalue weighted by atomic mass is 15.1. The molecule has 0 fully saturated rings. The van der Waals surface area contributed by atoms with Crippen molar-refractivity contribution < 1.29 is 0 Å². The smallest absolute Gasteiger partial charge is 0.0543 e. The normalized spacial score (nSPS) is 12.6. The van der Waals surface area contributed by atoms with Crippen LogP contribution in [0.2, 0.25) is 0 Å². The number of rotatable bonds is 7. The zero-order valence-electron chi connectivity index (χ0n) is 13.0. The first-order valence-electron chi connectivity index (χ1n) is 7.69. The summed E-state index contributed by atoms with van der Waals surface area (Å²) >= 11 is 0. The fourth-order valence-electron chi connectivity index (χ4n) is 2.41. The minimum Gasteiger partial charge on any atom is -0.323 e. The Labute approximate surface area is 127 Å². The van der Waals surface area contributed by atoms with Crippen LogP contribution >= 0.6 is 0 Å². The molecule has 0 bridgehead atoms. The molecule has 1 aromatic heterocycles. The van der Waals surface area contributed by atoms with Gasteiger partial charge in [-0.2, -0.15) is 0 Å². The van der Waals surface area contributed by atoms with Crippen molar-refractivity contribution in [1.82, 2.24) is 9.88 Å². The van der Waals surface area contributed by atoms with Gasteiger partial charge in [-0.25, -0.2) is 0 Å². The molecule has 0 aliphatic rings. The first kappa shape index (κ1) is 15.7. The van der Waals surface area contributed by atoms with Crippen LogP contribution in [-0.2, 0) is 13.0 Å². The third-order valence-electron chi connectivity index (χ3n) is 3.83. The zero-order chi connectivity index (χ0) is 15.1. The van der Waals surface area contributed by atoms with Crippen molar-refractivity contribution in [2.24, 2.45) is 5.73 Å². The number of likely N-dealkylation sites (N-methyl/N-ethyl adjacent to an activating group) is 1. The molecule has 0 radical (unpaired) electrons. The Hall–Kier alpha value is -1.71. The second kappa shape index (κ2) is 7.91. The van der Waals surface area contributed by atoms with E-state index in [1.165, 1.54) is 11.1 Å². The van der Waals surface area contributed by atoms with Gasteiger partial charge in [0, 0.05) is 25.3 Å². The Morgan fingerprint density at radius 1 is 1.10 bits per heavy atom. The van der Waals surface area contributed by atoms with Crippen molar-refractivity contribution >= 4 is 0 Å². The van der Waals surface area contributed by atoms with Crippen LogP contribution in [0.1, 0.15) is 36.7 Å². The van der Waals surface area contributed by atoms with Crippen LogP contribution in [0.4, 0.5) is 0 Å². The Kier molecular flexibility index (Phi) is 5.90. The largest absolute Gasteiger partial charge is 0.323 e. The third-order valence-corrected chi connectivity index (χ3v) is 3.83. The molecule has 1 atom stereocenters. The van der Waals surface area contributed by atoms with Gasteiger partial charge in [0.05, 0.1) is 5.69 Å². The van der Waals surface area contributed by atoms with Crippen LogP contribution in [0, 0.1) is 0 Å². The summed E-state index contributed by atoms with van der Waals surface area (Å²) in [6.07, 6.45) is 2.91. The lowest BCUT2D eigenvalue weighted by atomic mass is 10.0. The molecular weight excluding hydrogens is 258 g/mol. The second-order valence-electron chi connectivity index (χ2n) is 5.35. The van der Waals surface area contributed by atoms with E-state index in [0.29, 0.717) is 0 Å². The molecule has 3 heteroatoms. The van der Waals surface area contributed by atoms with E-state index in [9.17, 15) is 0 Å². The average molecular weight is 283 g/mol. The lowest BCUT2D eigenvalue weighted by Crippen LogP contribution is -2.32. The van der Waals surface area contributed by atoms with E-state index in [2.05, 4.69) is 54.1 Å². The highest BCUT2D eigenvalue weighted by Gasteiger charge is 2.12. The van der Waals surface area contributed by atoms with Crippen molar-refractivity contribution in [3.63, 3.8) is 0 Å². The van der Waals surface area contributed by atoms with Crippen LogP contribution in [0.3, 0.4) is 0 Å². The van der Waals surface area contributed by atoms with Gasteiger partial charge in [0.15, 0.2) is 0 Å². The molecule has 2 aromatic rings.